The highest BCUT2D eigenvalue weighted by Crippen LogP contribution is 2.23. The van der Waals surface area contributed by atoms with Crippen molar-refractivity contribution >= 4 is 17.5 Å². The molecule has 0 fully saturated rings. The van der Waals surface area contributed by atoms with Gasteiger partial charge < -0.3 is 10.6 Å². The molecule has 2 heterocycles. The summed E-state index contributed by atoms with van der Waals surface area (Å²) in [6.45, 7) is 6.60. The van der Waals surface area contributed by atoms with Crippen LogP contribution in [0.15, 0.2) is 73.2 Å². The van der Waals surface area contributed by atoms with Crippen LogP contribution in [-0.4, -0.2) is 31.4 Å². The quantitative estimate of drug-likeness (QED) is 0.418. The maximum Gasteiger partial charge on any atom is 0.255 e. The highest BCUT2D eigenvalue weighted by molar-refractivity contribution is 5.95. The summed E-state index contributed by atoms with van der Waals surface area (Å²) in [7, 11) is 0. The fraction of sp³-hybridized carbons (Fsp3) is 0.231. The highest BCUT2D eigenvalue weighted by Gasteiger charge is 2.20. The second-order valence-corrected chi connectivity index (χ2v) is 8.48. The number of hydrogen-bond acceptors (Lipinski definition) is 4. The van der Waals surface area contributed by atoms with Gasteiger partial charge in [-0.1, -0.05) is 43.7 Å². The van der Waals surface area contributed by atoms with Gasteiger partial charge in [0.2, 0.25) is 5.91 Å². The number of aryl methyl sites for hydroxylation is 1. The second-order valence-electron chi connectivity index (χ2n) is 8.48. The number of rotatable bonds is 8. The molecule has 0 spiro atoms. The second kappa shape index (κ2) is 10.2. The number of aromatic nitrogens is 4. The van der Waals surface area contributed by atoms with Crippen LogP contribution in [0, 0.1) is 6.92 Å². The van der Waals surface area contributed by atoms with Gasteiger partial charge in [0, 0.05) is 24.6 Å². The molecule has 0 radical (unpaired) electrons. The Bertz CT molecular complexity index is 1270. The number of amides is 2. The van der Waals surface area contributed by atoms with E-state index >= 15 is 0 Å². The van der Waals surface area contributed by atoms with Gasteiger partial charge >= 0.3 is 0 Å². The molecule has 4 rings (SSSR count). The Morgan fingerprint density at radius 3 is 2.53 bits per heavy atom. The Balaban J connectivity index is 1.43. The van der Waals surface area contributed by atoms with Crippen LogP contribution in [0.2, 0.25) is 0 Å². The Hall–Kier alpha value is -4.20. The summed E-state index contributed by atoms with van der Waals surface area (Å²) >= 11 is 0. The van der Waals surface area contributed by atoms with Gasteiger partial charge in [0.05, 0.1) is 23.1 Å². The molecular weight excluding hydrogens is 428 g/mol. The van der Waals surface area contributed by atoms with Crippen LogP contribution < -0.4 is 10.6 Å². The molecule has 174 valence electrons. The normalized spacial score (nSPS) is 10.9. The lowest BCUT2D eigenvalue weighted by molar-refractivity contribution is -0.116. The van der Waals surface area contributed by atoms with Gasteiger partial charge in [0.25, 0.3) is 5.91 Å². The first-order chi connectivity index (χ1) is 16.4. The maximum absolute atomic E-state index is 13.0. The standard InChI is InChI=1S/C26H28N6O2/c1-18(2)25-23(16-29-32(25)22-10-8-19(3)9-11-22)26(34)27-15-20-6-4-7-21(14-20)30-24(33)17-31-13-5-12-28-31/h4-14,16,18H,15,17H2,1-3H3,(H,27,34)(H,30,33). The summed E-state index contributed by atoms with van der Waals surface area (Å²) in [6, 6.07) is 17.2. The molecule has 0 aliphatic heterocycles. The molecule has 0 saturated carbocycles. The summed E-state index contributed by atoms with van der Waals surface area (Å²) in [4.78, 5) is 25.3. The summed E-state index contributed by atoms with van der Waals surface area (Å²) in [5, 5.41) is 14.4. The number of nitrogens with one attached hydrogen (secondary N) is 2. The average molecular weight is 457 g/mol. The Kier molecular flexibility index (Phi) is 6.87. The molecule has 8 heteroatoms. The number of nitrogens with zero attached hydrogens (tertiary/aromatic N) is 4. The van der Waals surface area contributed by atoms with Crippen LogP contribution in [-0.2, 0) is 17.9 Å². The molecule has 0 bridgehead atoms. The van der Waals surface area contributed by atoms with Crippen molar-refractivity contribution < 1.29 is 9.59 Å². The van der Waals surface area contributed by atoms with Crippen LogP contribution in [0.3, 0.4) is 0 Å². The minimum Gasteiger partial charge on any atom is -0.348 e. The van der Waals surface area contributed by atoms with Gasteiger partial charge in [-0.2, -0.15) is 10.2 Å². The van der Waals surface area contributed by atoms with E-state index < -0.39 is 0 Å². The molecule has 34 heavy (non-hydrogen) atoms. The van der Waals surface area contributed by atoms with Gasteiger partial charge in [-0.3, -0.25) is 14.3 Å². The molecular formula is C26H28N6O2. The molecule has 0 aliphatic rings. The molecule has 0 unspecified atom stereocenters. The van der Waals surface area contributed by atoms with E-state index in [1.165, 1.54) is 5.56 Å². The van der Waals surface area contributed by atoms with E-state index in [9.17, 15) is 9.59 Å². The SMILES string of the molecule is Cc1ccc(-n2ncc(C(=O)NCc3cccc(NC(=O)Cn4cccn4)c3)c2C(C)C)cc1. The predicted octanol–water partition coefficient (Wildman–Crippen LogP) is 4.07. The van der Waals surface area contributed by atoms with Crippen molar-refractivity contribution in [3.63, 3.8) is 0 Å². The Labute approximate surface area is 198 Å². The first-order valence-corrected chi connectivity index (χ1v) is 11.2. The zero-order valence-electron chi connectivity index (χ0n) is 19.5. The molecule has 2 N–H and O–H groups in total. The number of benzene rings is 2. The molecule has 8 nitrogen and oxygen atoms in total. The van der Waals surface area contributed by atoms with Crippen LogP contribution in [0.25, 0.3) is 5.69 Å². The predicted molar refractivity (Wildman–Crippen MR) is 131 cm³/mol. The molecule has 0 saturated heterocycles. The van der Waals surface area contributed by atoms with Gasteiger partial charge in [-0.25, -0.2) is 4.68 Å². The van der Waals surface area contributed by atoms with Crippen molar-refractivity contribution in [1.82, 2.24) is 24.9 Å². The molecule has 2 amide bonds. The monoisotopic (exact) mass is 456 g/mol. The number of anilines is 1. The topological polar surface area (TPSA) is 93.8 Å². The minimum atomic E-state index is -0.185. The fourth-order valence-corrected chi connectivity index (χ4v) is 3.76. The maximum atomic E-state index is 13.0. The number of carbonyl (C=O) groups is 2. The first kappa shape index (κ1) is 23.0. The van der Waals surface area contributed by atoms with Crippen LogP contribution in [0.4, 0.5) is 5.69 Å². The van der Waals surface area contributed by atoms with Crippen molar-refractivity contribution in [3.8, 4) is 5.69 Å². The van der Waals surface area contributed by atoms with E-state index in [4.69, 9.17) is 0 Å². The molecule has 2 aromatic heterocycles. The molecule has 0 atom stereocenters. The third-order valence-corrected chi connectivity index (χ3v) is 5.41. The Morgan fingerprint density at radius 2 is 1.82 bits per heavy atom. The van der Waals surface area contributed by atoms with Crippen LogP contribution >= 0.6 is 0 Å². The van der Waals surface area contributed by atoms with Crippen molar-refractivity contribution in [2.24, 2.45) is 0 Å². The minimum absolute atomic E-state index is 0.109. The molecule has 4 aromatic rings. The van der Waals surface area contributed by atoms with E-state index in [0.717, 1.165) is 16.9 Å². The van der Waals surface area contributed by atoms with E-state index in [1.54, 1.807) is 29.3 Å². The van der Waals surface area contributed by atoms with E-state index in [-0.39, 0.29) is 24.3 Å². The lowest BCUT2D eigenvalue weighted by Gasteiger charge is -2.13. The van der Waals surface area contributed by atoms with Crippen molar-refractivity contribution in [2.45, 2.75) is 39.8 Å². The fourth-order valence-electron chi connectivity index (χ4n) is 3.76. The zero-order valence-corrected chi connectivity index (χ0v) is 19.5. The van der Waals surface area contributed by atoms with Crippen molar-refractivity contribution in [2.75, 3.05) is 5.32 Å². The smallest absolute Gasteiger partial charge is 0.255 e. The molecule has 2 aromatic carbocycles. The lowest BCUT2D eigenvalue weighted by atomic mass is 10.0. The summed E-state index contributed by atoms with van der Waals surface area (Å²) in [6.07, 6.45) is 4.99. The summed E-state index contributed by atoms with van der Waals surface area (Å²) < 4.78 is 3.39. The molecule has 0 aliphatic carbocycles. The van der Waals surface area contributed by atoms with Crippen molar-refractivity contribution in [3.05, 3.63) is 95.6 Å². The Morgan fingerprint density at radius 1 is 1.03 bits per heavy atom. The summed E-state index contributed by atoms with van der Waals surface area (Å²) in [5.74, 6) is -0.247. The third kappa shape index (κ3) is 5.40. The lowest BCUT2D eigenvalue weighted by Crippen LogP contribution is -2.24. The van der Waals surface area contributed by atoms with E-state index in [1.807, 2.05) is 74.0 Å². The van der Waals surface area contributed by atoms with Gasteiger partial charge in [-0.05, 0) is 48.7 Å². The number of carbonyl (C=O) groups excluding carboxylic acids is 2. The zero-order chi connectivity index (χ0) is 24.1. The summed E-state index contributed by atoms with van der Waals surface area (Å²) in [5.41, 5.74) is 5.05. The average Bonchev–Trinajstić information content (AvgIpc) is 3.48. The third-order valence-electron chi connectivity index (χ3n) is 5.41. The van der Waals surface area contributed by atoms with Crippen LogP contribution in [0.1, 0.15) is 46.9 Å². The van der Waals surface area contributed by atoms with Gasteiger partial charge in [0.15, 0.2) is 0 Å². The van der Waals surface area contributed by atoms with Crippen LogP contribution in [0.5, 0.6) is 0 Å². The largest absolute Gasteiger partial charge is 0.348 e. The van der Waals surface area contributed by atoms with E-state index in [0.29, 0.717) is 17.8 Å². The first-order valence-electron chi connectivity index (χ1n) is 11.2. The van der Waals surface area contributed by atoms with E-state index in [2.05, 4.69) is 20.8 Å². The number of hydrogen-bond donors (Lipinski definition) is 2. The van der Waals surface area contributed by atoms with Crippen molar-refractivity contribution in [1.29, 1.82) is 0 Å². The van der Waals surface area contributed by atoms with Gasteiger partial charge in [0.1, 0.15) is 6.54 Å². The van der Waals surface area contributed by atoms with Gasteiger partial charge in [-0.15, -0.1) is 0 Å². The highest BCUT2D eigenvalue weighted by atomic mass is 16.2.